The van der Waals surface area contributed by atoms with Gasteiger partial charge < -0.3 is 10.0 Å². The SMILES string of the molecule is CC(c1ccccc1)C1(O)CCC(Cc2ccccc2)(N(C)C)CC1. The van der Waals surface area contributed by atoms with Gasteiger partial charge in [-0.1, -0.05) is 67.6 Å². The molecule has 0 spiro atoms. The summed E-state index contributed by atoms with van der Waals surface area (Å²) in [5.41, 5.74) is 2.17. The molecule has 2 aromatic carbocycles. The van der Waals surface area contributed by atoms with E-state index >= 15 is 0 Å². The molecule has 0 aromatic heterocycles. The molecular formula is C23H31NO. The smallest absolute Gasteiger partial charge is 0.0714 e. The van der Waals surface area contributed by atoms with E-state index in [4.69, 9.17) is 0 Å². The number of nitrogens with zero attached hydrogens (tertiary/aromatic N) is 1. The van der Waals surface area contributed by atoms with Crippen molar-refractivity contribution in [2.75, 3.05) is 14.1 Å². The number of aliphatic hydroxyl groups is 1. The highest BCUT2D eigenvalue weighted by molar-refractivity contribution is 5.24. The van der Waals surface area contributed by atoms with Gasteiger partial charge in [-0.2, -0.15) is 0 Å². The molecule has 2 nitrogen and oxygen atoms in total. The first-order valence-corrected chi connectivity index (χ1v) is 9.44. The zero-order valence-corrected chi connectivity index (χ0v) is 15.8. The molecule has 3 rings (SSSR count). The van der Waals surface area contributed by atoms with Gasteiger partial charge in [0.25, 0.3) is 0 Å². The second-order valence-corrected chi connectivity index (χ2v) is 8.02. The highest BCUT2D eigenvalue weighted by Crippen LogP contribution is 2.45. The van der Waals surface area contributed by atoms with Crippen LogP contribution in [0.4, 0.5) is 0 Å². The Bertz CT molecular complexity index is 657. The van der Waals surface area contributed by atoms with Crippen LogP contribution in [0.15, 0.2) is 60.7 Å². The van der Waals surface area contributed by atoms with E-state index in [2.05, 4.69) is 80.5 Å². The van der Waals surface area contributed by atoms with E-state index in [1.54, 1.807) is 0 Å². The molecular weight excluding hydrogens is 306 g/mol. The molecule has 0 amide bonds. The van der Waals surface area contributed by atoms with Gasteiger partial charge in [-0.05, 0) is 57.3 Å². The van der Waals surface area contributed by atoms with E-state index in [0.717, 1.165) is 32.1 Å². The van der Waals surface area contributed by atoms with Crippen molar-refractivity contribution < 1.29 is 5.11 Å². The molecule has 1 atom stereocenters. The van der Waals surface area contributed by atoms with E-state index in [9.17, 15) is 5.11 Å². The van der Waals surface area contributed by atoms with Gasteiger partial charge in [0.1, 0.15) is 0 Å². The van der Waals surface area contributed by atoms with Crippen molar-refractivity contribution in [2.45, 2.75) is 56.1 Å². The van der Waals surface area contributed by atoms with E-state index in [-0.39, 0.29) is 11.5 Å². The first-order valence-electron chi connectivity index (χ1n) is 9.44. The summed E-state index contributed by atoms with van der Waals surface area (Å²) >= 11 is 0. The van der Waals surface area contributed by atoms with Crippen LogP contribution in [-0.4, -0.2) is 35.2 Å². The lowest BCUT2D eigenvalue weighted by atomic mass is 9.66. The Kier molecular flexibility index (Phi) is 5.31. The maximum absolute atomic E-state index is 11.4. The van der Waals surface area contributed by atoms with Crippen LogP contribution in [0.5, 0.6) is 0 Å². The van der Waals surface area contributed by atoms with Crippen molar-refractivity contribution in [2.24, 2.45) is 0 Å². The number of likely N-dealkylation sites (N-methyl/N-ethyl adjacent to an activating group) is 1. The van der Waals surface area contributed by atoms with Crippen molar-refractivity contribution in [3.05, 3.63) is 71.8 Å². The Morgan fingerprint density at radius 3 is 1.92 bits per heavy atom. The summed E-state index contributed by atoms with van der Waals surface area (Å²) in [6.07, 6.45) is 4.82. The summed E-state index contributed by atoms with van der Waals surface area (Å²) in [4.78, 5) is 2.38. The van der Waals surface area contributed by atoms with Gasteiger partial charge in [0.15, 0.2) is 0 Å². The summed E-state index contributed by atoms with van der Waals surface area (Å²) in [5.74, 6) is 0.172. The largest absolute Gasteiger partial charge is 0.389 e. The second kappa shape index (κ2) is 7.31. The minimum atomic E-state index is -0.600. The maximum atomic E-state index is 11.4. The highest BCUT2D eigenvalue weighted by atomic mass is 16.3. The fourth-order valence-corrected chi connectivity index (χ4v) is 4.39. The van der Waals surface area contributed by atoms with Crippen molar-refractivity contribution in [1.29, 1.82) is 0 Å². The first-order chi connectivity index (χ1) is 12.0. The zero-order chi connectivity index (χ0) is 17.9. The Labute approximate surface area is 152 Å². The summed E-state index contributed by atoms with van der Waals surface area (Å²) < 4.78 is 0. The van der Waals surface area contributed by atoms with Crippen molar-refractivity contribution >= 4 is 0 Å². The molecule has 0 aliphatic heterocycles. The number of rotatable bonds is 5. The minimum Gasteiger partial charge on any atom is -0.389 e. The molecule has 134 valence electrons. The van der Waals surface area contributed by atoms with Crippen LogP contribution in [0.3, 0.4) is 0 Å². The molecule has 2 heteroatoms. The van der Waals surface area contributed by atoms with Gasteiger partial charge in [0.2, 0.25) is 0 Å². The average molecular weight is 338 g/mol. The summed E-state index contributed by atoms with van der Waals surface area (Å²) in [7, 11) is 4.38. The topological polar surface area (TPSA) is 23.5 Å². The van der Waals surface area contributed by atoms with Crippen LogP contribution in [0.2, 0.25) is 0 Å². The molecule has 25 heavy (non-hydrogen) atoms. The third kappa shape index (κ3) is 3.80. The summed E-state index contributed by atoms with van der Waals surface area (Å²) in [6.45, 7) is 2.18. The molecule has 1 aliphatic rings. The Morgan fingerprint density at radius 1 is 0.880 bits per heavy atom. The van der Waals surface area contributed by atoms with Crippen LogP contribution in [0.1, 0.15) is 49.7 Å². The number of hydrogen-bond acceptors (Lipinski definition) is 2. The van der Waals surface area contributed by atoms with Crippen LogP contribution >= 0.6 is 0 Å². The molecule has 1 unspecified atom stereocenters. The van der Waals surface area contributed by atoms with Gasteiger partial charge in [-0.15, -0.1) is 0 Å². The van der Waals surface area contributed by atoms with E-state index in [0.29, 0.717) is 0 Å². The average Bonchev–Trinajstić information content (AvgIpc) is 2.65. The van der Waals surface area contributed by atoms with Gasteiger partial charge in [0.05, 0.1) is 5.60 Å². The standard InChI is InChI=1S/C23H31NO/c1-19(21-12-8-5-9-13-21)23(25)16-14-22(15-17-23,24(2)3)18-20-10-6-4-7-11-20/h4-13,19,25H,14-18H2,1-3H3. The van der Waals surface area contributed by atoms with Crippen LogP contribution in [0.25, 0.3) is 0 Å². The van der Waals surface area contributed by atoms with Gasteiger partial charge in [-0.25, -0.2) is 0 Å². The van der Waals surface area contributed by atoms with Crippen molar-refractivity contribution in [3.8, 4) is 0 Å². The Balaban J connectivity index is 1.75. The molecule has 0 saturated heterocycles. The zero-order valence-electron chi connectivity index (χ0n) is 15.8. The summed E-state index contributed by atoms with van der Waals surface area (Å²) in [6, 6.07) is 21.2. The number of benzene rings is 2. The monoisotopic (exact) mass is 337 g/mol. The minimum absolute atomic E-state index is 0.143. The quantitative estimate of drug-likeness (QED) is 0.859. The van der Waals surface area contributed by atoms with E-state index in [1.807, 2.05) is 6.07 Å². The first kappa shape index (κ1) is 18.2. The Morgan fingerprint density at radius 2 is 1.40 bits per heavy atom. The second-order valence-electron chi connectivity index (χ2n) is 8.02. The molecule has 0 heterocycles. The molecule has 0 bridgehead atoms. The molecule has 1 aliphatic carbocycles. The van der Waals surface area contributed by atoms with Crippen LogP contribution in [-0.2, 0) is 6.42 Å². The fraction of sp³-hybridized carbons (Fsp3) is 0.478. The molecule has 1 fully saturated rings. The molecule has 1 saturated carbocycles. The van der Waals surface area contributed by atoms with E-state index < -0.39 is 5.60 Å². The third-order valence-electron chi connectivity index (χ3n) is 6.48. The lowest BCUT2D eigenvalue weighted by Gasteiger charge is -2.50. The Hall–Kier alpha value is -1.64. The van der Waals surface area contributed by atoms with Crippen LogP contribution in [0, 0.1) is 0 Å². The lowest BCUT2D eigenvalue weighted by Crippen LogP contribution is -2.53. The number of hydrogen-bond donors (Lipinski definition) is 1. The lowest BCUT2D eigenvalue weighted by molar-refractivity contribution is -0.0587. The summed E-state index contributed by atoms with van der Waals surface area (Å²) in [5, 5.41) is 11.4. The van der Waals surface area contributed by atoms with Crippen molar-refractivity contribution in [1.82, 2.24) is 4.90 Å². The highest BCUT2D eigenvalue weighted by Gasteiger charge is 2.45. The third-order valence-corrected chi connectivity index (χ3v) is 6.48. The predicted molar refractivity (Wildman–Crippen MR) is 105 cm³/mol. The van der Waals surface area contributed by atoms with Gasteiger partial charge in [0, 0.05) is 11.5 Å². The predicted octanol–water partition coefficient (Wildman–Crippen LogP) is 4.64. The van der Waals surface area contributed by atoms with E-state index in [1.165, 1.54) is 11.1 Å². The van der Waals surface area contributed by atoms with Gasteiger partial charge in [-0.3, -0.25) is 0 Å². The normalized spacial score (nSPS) is 28.0. The molecule has 1 N–H and O–H groups in total. The van der Waals surface area contributed by atoms with Gasteiger partial charge >= 0.3 is 0 Å². The molecule has 2 aromatic rings. The van der Waals surface area contributed by atoms with Crippen molar-refractivity contribution in [3.63, 3.8) is 0 Å². The fourth-order valence-electron chi connectivity index (χ4n) is 4.39. The van der Waals surface area contributed by atoms with Crippen LogP contribution < -0.4 is 0 Å². The maximum Gasteiger partial charge on any atom is 0.0714 e. The molecule has 0 radical (unpaired) electrons.